The van der Waals surface area contributed by atoms with Crippen LogP contribution in [0.25, 0.3) is 5.52 Å². The number of rotatable bonds is 2. The van der Waals surface area contributed by atoms with Crippen LogP contribution in [0, 0.1) is 13.8 Å². The number of hydrogen-bond donors (Lipinski definition) is 0. The molecule has 16 heavy (non-hydrogen) atoms. The summed E-state index contributed by atoms with van der Waals surface area (Å²) in [5.74, 6) is 0.177. The molecule has 0 amide bonds. The fraction of sp³-hybridized carbons (Fsp3) is 0.333. The van der Waals surface area contributed by atoms with Crippen molar-refractivity contribution in [3.8, 4) is 0 Å². The third-order valence-corrected chi connectivity index (χ3v) is 2.71. The molecule has 2 heterocycles. The lowest BCUT2D eigenvalue weighted by atomic mass is 10.3. The van der Waals surface area contributed by atoms with E-state index in [2.05, 4.69) is 23.5 Å². The van der Waals surface area contributed by atoms with Crippen molar-refractivity contribution in [1.82, 2.24) is 4.40 Å². The summed E-state index contributed by atoms with van der Waals surface area (Å²) in [5.41, 5.74) is 3.50. The molecule has 0 unspecified atom stereocenters. The van der Waals surface area contributed by atoms with Gasteiger partial charge in [0.25, 0.3) is 0 Å². The van der Waals surface area contributed by atoms with Crippen LogP contribution in [-0.2, 0) is 11.3 Å². The van der Waals surface area contributed by atoms with E-state index in [1.54, 1.807) is 6.92 Å². The van der Waals surface area contributed by atoms with E-state index in [0.717, 1.165) is 11.2 Å². The summed E-state index contributed by atoms with van der Waals surface area (Å²) >= 11 is 0. The quantitative estimate of drug-likeness (QED) is 0.612. The second-order valence-electron chi connectivity index (χ2n) is 3.94. The molecule has 0 radical (unpaired) electrons. The highest BCUT2D eigenvalue weighted by Crippen LogP contribution is 2.10. The molecular weight excluding hydrogens is 268 g/mol. The van der Waals surface area contributed by atoms with Gasteiger partial charge < -0.3 is 21.4 Å². The summed E-state index contributed by atoms with van der Waals surface area (Å²) in [7, 11) is 0. The second kappa shape index (κ2) is 4.78. The van der Waals surface area contributed by atoms with Crippen molar-refractivity contribution in [3.63, 3.8) is 0 Å². The van der Waals surface area contributed by atoms with Gasteiger partial charge in [-0.3, -0.25) is 4.79 Å². The van der Waals surface area contributed by atoms with Gasteiger partial charge in [-0.2, -0.15) is 4.57 Å². The second-order valence-corrected chi connectivity index (χ2v) is 3.94. The van der Waals surface area contributed by atoms with E-state index in [1.165, 1.54) is 5.69 Å². The maximum absolute atomic E-state index is 11.1. The number of fused-ring (bicyclic) bond motifs is 1. The molecule has 86 valence electrons. The lowest BCUT2D eigenvalue weighted by molar-refractivity contribution is -0.689. The Kier molecular flexibility index (Phi) is 3.86. The Bertz CT molecular complexity index is 531. The normalized spacial score (nSPS) is 10.2. The standard InChI is InChI=1S/C12H15N2O.BrH/c1-9-4-5-12-11(3)13(8-10(2)15)6-7-14(9)12;/h4-7H,8H2,1-3H3;1H/q+1;/p-1. The van der Waals surface area contributed by atoms with Crippen LogP contribution in [0.4, 0.5) is 0 Å². The zero-order valence-electron chi connectivity index (χ0n) is 9.70. The number of Topliss-reactive ketones (excluding diaryl/α,β-unsaturated/α-hetero) is 1. The van der Waals surface area contributed by atoms with Crippen LogP contribution in [0.15, 0.2) is 24.5 Å². The number of hydrogen-bond acceptors (Lipinski definition) is 1. The van der Waals surface area contributed by atoms with Crippen LogP contribution >= 0.6 is 0 Å². The smallest absolute Gasteiger partial charge is 0.206 e. The average Bonchev–Trinajstić information content (AvgIpc) is 2.53. The van der Waals surface area contributed by atoms with Gasteiger partial charge in [-0.25, -0.2) is 0 Å². The Hall–Kier alpha value is -1.16. The van der Waals surface area contributed by atoms with Crippen molar-refractivity contribution in [2.24, 2.45) is 0 Å². The summed E-state index contributed by atoms with van der Waals surface area (Å²) < 4.78 is 4.11. The Morgan fingerprint density at radius 2 is 2.06 bits per heavy atom. The molecule has 2 aromatic heterocycles. The molecule has 0 atom stereocenters. The zero-order valence-corrected chi connectivity index (χ0v) is 11.3. The molecule has 0 fully saturated rings. The summed E-state index contributed by atoms with van der Waals surface area (Å²) in [6, 6.07) is 4.17. The lowest BCUT2D eigenvalue weighted by Crippen LogP contribution is -3.00. The molecule has 0 aliphatic rings. The fourth-order valence-electron chi connectivity index (χ4n) is 1.86. The Morgan fingerprint density at radius 1 is 1.38 bits per heavy atom. The highest BCUT2D eigenvalue weighted by molar-refractivity contribution is 5.73. The molecule has 0 saturated heterocycles. The minimum atomic E-state index is 0. The number of nitrogens with zero attached hydrogens (tertiary/aromatic N) is 2. The number of ketones is 1. The number of carbonyl (C=O) groups is 1. The summed E-state index contributed by atoms with van der Waals surface area (Å²) in [4.78, 5) is 11.1. The number of halogens is 1. The van der Waals surface area contributed by atoms with Crippen molar-refractivity contribution in [3.05, 3.63) is 35.9 Å². The molecule has 2 aromatic rings. The first-order valence-electron chi connectivity index (χ1n) is 5.06. The molecule has 0 spiro atoms. The van der Waals surface area contributed by atoms with E-state index in [-0.39, 0.29) is 22.8 Å². The van der Waals surface area contributed by atoms with E-state index in [0.29, 0.717) is 6.54 Å². The van der Waals surface area contributed by atoms with Gasteiger partial charge in [-0.15, -0.1) is 0 Å². The average molecular weight is 283 g/mol. The summed E-state index contributed by atoms with van der Waals surface area (Å²) in [6.07, 6.45) is 3.96. The Labute approximate surface area is 105 Å². The van der Waals surface area contributed by atoms with Crippen LogP contribution in [0.3, 0.4) is 0 Å². The van der Waals surface area contributed by atoms with Gasteiger partial charge in [-0.1, -0.05) is 0 Å². The van der Waals surface area contributed by atoms with Crippen LogP contribution < -0.4 is 21.5 Å². The monoisotopic (exact) mass is 282 g/mol. The summed E-state index contributed by atoms with van der Waals surface area (Å²) in [6.45, 7) is 6.17. The zero-order chi connectivity index (χ0) is 11.0. The van der Waals surface area contributed by atoms with Gasteiger partial charge in [-0.05, 0) is 19.1 Å². The van der Waals surface area contributed by atoms with E-state index >= 15 is 0 Å². The molecule has 4 heteroatoms. The van der Waals surface area contributed by atoms with E-state index in [9.17, 15) is 4.79 Å². The van der Waals surface area contributed by atoms with Gasteiger partial charge in [0.1, 0.15) is 5.52 Å². The van der Waals surface area contributed by atoms with Crippen LogP contribution in [0.2, 0.25) is 0 Å². The fourth-order valence-corrected chi connectivity index (χ4v) is 1.86. The molecule has 0 aromatic carbocycles. The Balaban J connectivity index is 0.00000128. The largest absolute Gasteiger partial charge is 1.00 e. The third kappa shape index (κ3) is 2.16. The number of aromatic nitrogens is 2. The van der Waals surface area contributed by atoms with Crippen molar-refractivity contribution >= 4 is 11.3 Å². The van der Waals surface area contributed by atoms with E-state index in [4.69, 9.17) is 0 Å². The van der Waals surface area contributed by atoms with Gasteiger partial charge in [0.2, 0.25) is 12.2 Å². The van der Waals surface area contributed by atoms with Gasteiger partial charge in [0, 0.05) is 19.5 Å². The van der Waals surface area contributed by atoms with Crippen molar-refractivity contribution in [1.29, 1.82) is 0 Å². The van der Waals surface area contributed by atoms with E-state index < -0.39 is 0 Å². The maximum atomic E-state index is 11.1. The third-order valence-electron chi connectivity index (χ3n) is 2.71. The first kappa shape index (κ1) is 12.9. The van der Waals surface area contributed by atoms with Gasteiger partial charge in [0.15, 0.2) is 12.0 Å². The predicted molar refractivity (Wildman–Crippen MR) is 57.7 cm³/mol. The number of carbonyl (C=O) groups excluding carboxylic acids is 1. The summed E-state index contributed by atoms with van der Waals surface area (Å²) in [5, 5.41) is 0. The van der Waals surface area contributed by atoms with Crippen molar-refractivity contribution < 1.29 is 26.3 Å². The highest BCUT2D eigenvalue weighted by atomic mass is 79.9. The SMILES string of the molecule is CC(=O)C[n+]1ccn2c(C)ccc2c1C.[Br-]. The maximum Gasteiger partial charge on any atom is 0.206 e. The van der Waals surface area contributed by atoms with Crippen molar-refractivity contribution in [2.45, 2.75) is 27.3 Å². The number of aryl methyl sites for hydroxylation is 2. The van der Waals surface area contributed by atoms with Gasteiger partial charge in [0.05, 0.1) is 6.20 Å². The topological polar surface area (TPSA) is 25.4 Å². The highest BCUT2D eigenvalue weighted by Gasteiger charge is 2.13. The molecule has 0 bridgehead atoms. The molecular formula is C12H15BrN2O. The Morgan fingerprint density at radius 3 is 2.69 bits per heavy atom. The molecule has 0 saturated carbocycles. The molecule has 0 aliphatic carbocycles. The first-order valence-corrected chi connectivity index (χ1v) is 5.06. The van der Waals surface area contributed by atoms with Crippen LogP contribution in [-0.4, -0.2) is 10.2 Å². The van der Waals surface area contributed by atoms with Crippen LogP contribution in [0.1, 0.15) is 18.3 Å². The molecule has 0 N–H and O–H groups in total. The minimum Gasteiger partial charge on any atom is -1.00 e. The molecule has 0 aliphatic heterocycles. The first-order chi connectivity index (χ1) is 7.09. The predicted octanol–water partition coefficient (Wildman–Crippen LogP) is -1.56. The molecule has 2 rings (SSSR count). The van der Waals surface area contributed by atoms with E-state index in [1.807, 2.05) is 23.9 Å². The van der Waals surface area contributed by atoms with Crippen LogP contribution in [0.5, 0.6) is 0 Å². The lowest BCUT2D eigenvalue weighted by Gasteiger charge is -2.01. The van der Waals surface area contributed by atoms with Crippen molar-refractivity contribution in [2.75, 3.05) is 0 Å². The van der Waals surface area contributed by atoms with Gasteiger partial charge >= 0.3 is 0 Å². The minimum absolute atomic E-state index is 0. The molecule has 3 nitrogen and oxygen atoms in total.